The molecule has 0 fully saturated rings. The average Bonchev–Trinajstić information content (AvgIpc) is 2.45. The summed E-state index contributed by atoms with van der Waals surface area (Å²) in [7, 11) is 0. The van der Waals surface area contributed by atoms with Crippen LogP contribution in [-0.2, 0) is 17.5 Å². The van der Waals surface area contributed by atoms with E-state index < -0.39 is 29.0 Å². The molecule has 1 aromatic carbocycles. The van der Waals surface area contributed by atoms with E-state index in [0.717, 1.165) is 22.8 Å². The molecule has 2 rings (SSSR count). The first-order valence-corrected chi connectivity index (χ1v) is 6.58. The van der Waals surface area contributed by atoms with Gasteiger partial charge in [-0.05, 0) is 32.0 Å². The number of nitrogens with zero attached hydrogens (tertiary/aromatic N) is 2. The van der Waals surface area contributed by atoms with Crippen LogP contribution in [0.25, 0.3) is 11.0 Å². The van der Waals surface area contributed by atoms with Crippen LogP contribution in [0.2, 0.25) is 0 Å². The van der Waals surface area contributed by atoms with Gasteiger partial charge in [0.1, 0.15) is 0 Å². The number of carbonyl (C=O) groups is 1. The second-order valence-corrected chi connectivity index (χ2v) is 4.43. The van der Waals surface area contributed by atoms with Gasteiger partial charge in [-0.25, -0.2) is 9.78 Å². The Bertz CT molecular complexity index is 781. The van der Waals surface area contributed by atoms with Crippen molar-refractivity contribution in [1.82, 2.24) is 9.55 Å². The number of hydrogen-bond acceptors (Lipinski definition) is 4. The quantitative estimate of drug-likeness (QED) is 0.817. The number of ether oxygens (including phenoxy) is 1. The molecule has 0 aliphatic carbocycles. The van der Waals surface area contributed by atoms with Crippen LogP contribution >= 0.6 is 0 Å². The van der Waals surface area contributed by atoms with E-state index >= 15 is 0 Å². The molecule has 0 bridgehead atoms. The number of carbonyl (C=O) groups excluding carboxylic acids is 1. The first-order chi connectivity index (χ1) is 10.3. The Morgan fingerprint density at radius 1 is 1.32 bits per heavy atom. The SMILES string of the molecule is CCOC(=O)c1nc2ccc(C(F)(F)F)cc2n(CC)c1=O. The van der Waals surface area contributed by atoms with Crippen LogP contribution in [0.15, 0.2) is 23.0 Å². The number of aryl methyl sites for hydroxylation is 1. The van der Waals surface area contributed by atoms with Gasteiger partial charge in [-0.3, -0.25) is 4.79 Å². The van der Waals surface area contributed by atoms with Crippen molar-refractivity contribution in [3.63, 3.8) is 0 Å². The number of halogens is 3. The predicted octanol–water partition coefficient (Wildman–Crippen LogP) is 2.61. The van der Waals surface area contributed by atoms with Crippen LogP contribution in [-0.4, -0.2) is 22.1 Å². The normalized spacial score (nSPS) is 11.7. The molecule has 0 unspecified atom stereocenters. The monoisotopic (exact) mass is 314 g/mol. The van der Waals surface area contributed by atoms with E-state index in [0.29, 0.717) is 0 Å². The highest BCUT2D eigenvalue weighted by Gasteiger charge is 2.31. The number of benzene rings is 1. The van der Waals surface area contributed by atoms with E-state index in [4.69, 9.17) is 4.74 Å². The van der Waals surface area contributed by atoms with Gasteiger partial charge in [-0.15, -0.1) is 0 Å². The first kappa shape index (κ1) is 16.0. The Hall–Kier alpha value is -2.38. The average molecular weight is 314 g/mol. The van der Waals surface area contributed by atoms with Crippen molar-refractivity contribution in [2.24, 2.45) is 0 Å². The van der Waals surface area contributed by atoms with Crippen molar-refractivity contribution in [2.75, 3.05) is 6.61 Å². The molecular formula is C14H13F3N2O3. The molecule has 0 N–H and O–H groups in total. The summed E-state index contributed by atoms with van der Waals surface area (Å²) in [5.74, 6) is -0.892. The summed E-state index contributed by atoms with van der Waals surface area (Å²) in [6.45, 7) is 3.34. The number of esters is 1. The maximum Gasteiger partial charge on any atom is 0.416 e. The summed E-state index contributed by atoms with van der Waals surface area (Å²) < 4.78 is 44.1. The van der Waals surface area contributed by atoms with Gasteiger partial charge in [0, 0.05) is 6.54 Å². The van der Waals surface area contributed by atoms with E-state index in [9.17, 15) is 22.8 Å². The molecule has 0 radical (unpaired) electrons. The molecule has 1 aromatic heterocycles. The summed E-state index contributed by atoms with van der Waals surface area (Å²) in [5, 5.41) is 0. The molecule has 8 heteroatoms. The highest BCUT2D eigenvalue weighted by Crippen LogP contribution is 2.30. The molecule has 5 nitrogen and oxygen atoms in total. The highest BCUT2D eigenvalue weighted by atomic mass is 19.4. The second kappa shape index (κ2) is 5.78. The maximum absolute atomic E-state index is 12.8. The van der Waals surface area contributed by atoms with Gasteiger partial charge in [-0.1, -0.05) is 0 Å². The Labute approximate surface area is 123 Å². The Morgan fingerprint density at radius 3 is 2.55 bits per heavy atom. The predicted molar refractivity (Wildman–Crippen MR) is 72.6 cm³/mol. The zero-order valence-electron chi connectivity index (χ0n) is 11.9. The third kappa shape index (κ3) is 2.81. The lowest BCUT2D eigenvalue weighted by Crippen LogP contribution is -2.29. The fourth-order valence-electron chi connectivity index (χ4n) is 2.06. The smallest absolute Gasteiger partial charge is 0.416 e. The minimum absolute atomic E-state index is 0.0235. The lowest BCUT2D eigenvalue weighted by atomic mass is 10.1. The maximum atomic E-state index is 12.8. The number of hydrogen-bond donors (Lipinski definition) is 0. The summed E-state index contributed by atoms with van der Waals surface area (Å²) >= 11 is 0. The number of rotatable bonds is 3. The Balaban J connectivity index is 2.75. The van der Waals surface area contributed by atoms with Crippen LogP contribution in [0.4, 0.5) is 13.2 Å². The zero-order valence-corrected chi connectivity index (χ0v) is 11.9. The van der Waals surface area contributed by atoms with Crippen molar-refractivity contribution >= 4 is 17.0 Å². The van der Waals surface area contributed by atoms with Crippen LogP contribution in [0.3, 0.4) is 0 Å². The fourth-order valence-corrected chi connectivity index (χ4v) is 2.06. The van der Waals surface area contributed by atoms with Gasteiger partial charge in [-0.2, -0.15) is 13.2 Å². The number of alkyl halides is 3. The van der Waals surface area contributed by atoms with Gasteiger partial charge < -0.3 is 9.30 Å². The molecule has 0 aliphatic rings. The van der Waals surface area contributed by atoms with Crippen molar-refractivity contribution < 1.29 is 22.7 Å². The van der Waals surface area contributed by atoms with E-state index in [1.165, 1.54) is 0 Å². The van der Waals surface area contributed by atoms with E-state index in [2.05, 4.69) is 4.98 Å². The standard InChI is InChI=1S/C14H13F3N2O3/c1-3-19-10-7-8(14(15,16)17)5-6-9(10)18-11(12(19)20)13(21)22-4-2/h5-7H,3-4H2,1-2H3. The molecule has 2 aromatic rings. The summed E-state index contributed by atoms with van der Waals surface area (Å²) in [5.41, 5.74) is -1.94. The van der Waals surface area contributed by atoms with Crippen LogP contribution in [0.5, 0.6) is 0 Å². The molecule has 0 saturated heterocycles. The minimum atomic E-state index is -4.53. The highest BCUT2D eigenvalue weighted by molar-refractivity contribution is 5.89. The van der Waals surface area contributed by atoms with E-state index in [1.54, 1.807) is 13.8 Å². The topological polar surface area (TPSA) is 61.2 Å². The van der Waals surface area contributed by atoms with Gasteiger partial charge in [0.2, 0.25) is 5.69 Å². The Kier molecular flexibility index (Phi) is 4.20. The molecule has 22 heavy (non-hydrogen) atoms. The Morgan fingerprint density at radius 2 is 2.00 bits per heavy atom. The zero-order chi connectivity index (χ0) is 16.5. The van der Waals surface area contributed by atoms with Crippen molar-refractivity contribution in [3.8, 4) is 0 Å². The molecule has 118 valence electrons. The molecule has 0 aliphatic heterocycles. The van der Waals surface area contributed by atoms with Crippen molar-refractivity contribution in [3.05, 3.63) is 39.8 Å². The third-order valence-electron chi connectivity index (χ3n) is 3.06. The van der Waals surface area contributed by atoms with Gasteiger partial charge >= 0.3 is 12.1 Å². The summed E-state index contributed by atoms with van der Waals surface area (Å²) in [6, 6.07) is 2.84. The molecule has 0 spiro atoms. The second-order valence-electron chi connectivity index (χ2n) is 4.43. The van der Waals surface area contributed by atoms with Crippen LogP contribution in [0.1, 0.15) is 29.9 Å². The lowest BCUT2D eigenvalue weighted by Gasteiger charge is -2.12. The lowest BCUT2D eigenvalue weighted by molar-refractivity contribution is -0.137. The third-order valence-corrected chi connectivity index (χ3v) is 3.06. The molecule has 0 saturated carbocycles. The molecule has 1 heterocycles. The first-order valence-electron chi connectivity index (χ1n) is 6.58. The van der Waals surface area contributed by atoms with Gasteiger partial charge in [0.05, 0.1) is 23.2 Å². The van der Waals surface area contributed by atoms with Crippen molar-refractivity contribution in [1.29, 1.82) is 0 Å². The van der Waals surface area contributed by atoms with Crippen LogP contribution in [0, 0.1) is 0 Å². The van der Waals surface area contributed by atoms with E-state index in [-0.39, 0.29) is 24.2 Å². The largest absolute Gasteiger partial charge is 0.461 e. The molecule has 0 atom stereocenters. The summed E-state index contributed by atoms with van der Waals surface area (Å²) in [6.07, 6.45) is -4.53. The molecule has 0 amide bonds. The fraction of sp³-hybridized carbons (Fsp3) is 0.357. The number of fused-ring (bicyclic) bond motifs is 1. The van der Waals surface area contributed by atoms with Gasteiger partial charge in [0.15, 0.2) is 0 Å². The minimum Gasteiger partial charge on any atom is -0.461 e. The summed E-state index contributed by atoms with van der Waals surface area (Å²) in [4.78, 5) is 27.8. The molecular weight excluding hydrogens is 301 g/mol. The van der Waals surface area contributed by atoms with Crippen LogP contribution < -0.4 is 5.56 Å². The van der Waals surface area contributed by atoms with E-state index in [1.807, 2.05) is 0 Å². The van der Waals surface area contributed by atoms with Gasteiger partial charge in [0.25, 0.3) is 5.56 Å². The number of aromatic nitrogens is 2. The van der Waals surface area contributed by atoms with Crippen molar-refractivity contribution in [2.45, 2.75) is 26.6 Å².